The summed E-state index contributed by atoms with van der Waals surface area (Å²) in [6.07, 6.45) is 4.58. The third kappa shape index (κ3) is 5.14. The maximum atomic E-state index is 12.1. The van der Waals surface area contributed by atoms with E-state index < -0.39 is 6.10 Å². The third-order valence-electron chi connectivity index (χ3n) is 4.56. The zero-order valence-electron chi connectivity index (χ0n) is 14.5. The molecule has 1 saturated carbocycles. The Labute approximate surface area is 147 Å². The number of benzene rings is 1. The molecule has 134 valence electrons. The predicted molar refractivity (Wildman–Crippen MR) is 93.7 cm³/mol. The number of carbonyl (C=O) groups is 1. The molecule has 6 nitrogen and oxygen atoms in total. The van der Waals surface area contributed by atoms with E-state index in [0.29, 0.717) is 18.9 Å². The van der Waals surface area contributed by atoms with Crippen molar-refractivity contribution in [3.05, 3.63) is 53.9 Å². The number of ether oxygens (including phenoxy) is 1. The highest BCUT2D eigenvalue weighted by atomic mass is 16.5. The molecule has 0 aliphatic heterocycles. The van der Waals surface area contributed by atoms with Gasteiger partial charge in [-0.05, 0) is 37.3 Å². The number of aromatic nitrogens is 2. The summed E-state index contributed by atoms with van der Waals surface area (Å²) < 4.78 is 7.35. The van der Waals surface area contributed by atoms with Gasteiger partial charge in [-0.2, -0.15) is 5.10 Å². The zero-order valence-corrected chi connectivity index (χ0v) is 14.5. The van der Waals surface area contributed by atoms with Crippen LogP contribution in [0.3, 0.4) is 0 Å². The number of carbonyl (C=O) groups excluding carboxylic acids is 1. The summed E-state index contributed by atoms with van der Waals surface area (Å²) in [4.78, 5) is 12.1. The van der Waals surface area contributed by atoms with E-state index in [0.717, 1.165) is 18.5 Å². The quantitative estimate of drug-likeness (QED) is 0.802. The molecular weight excluding hydrogens is 318 g/mol. The first-order valence-corrected chi connectivity index (χ1v) is 8.68. The second-order valence-electron chi connectivity index (χ2n) is 6.79. The molecule has 1 aliphatic rings. The molecule has 2 N–H and O–H groups in total. The van der Waals surface area contributed by atoms with Crippen molar-refractivity contribution >= 4 is 5.91 Å². The van der Waals surface area contributed by atoms with Crippen LogP contribution in [0.4, 0.5) is 0 Å². The zero-order chi connectivity index (χ0) is 17.6. The number of hydrogen-bond donors (Lipinski definition) is 2. The van der Waals surface area contributed by atoms with Crippen molar-refractivity contribution in [3.63, 3.8) is 0 Å². The van der Waals surface area contributed by atoms with Crippen molar-refractivity contribution in [2.45, 2.75) is 45.1 Å². The lowest BCUT2D eigenvalue weighted by Gasteiger charge is -2.16. The lowest BCUT2D eigenvalue weighted by atomic mass is 10.1. The van der Waals surface area contributed by atoms with Crippen molar-refractivity contribution in [1.29, 1.82) is 0 Å². The van der Waals surface area contributed by atoms with Crippen LogP contribution in [0.15, 0.2) is 42.7 Å². The van der Waals surface area contributed by atoms with Gasteiger partial charge < -0.3 is 15.2 Å². The Balaban J connectivity index is 1.40. The van der Waals surface area contributed by atoms with Crippen LogP contribution < -0.4 is 5.32 Å². The van der Waals surface area contributed by atoms with Crippen LogP contribution in [0.25, 0.3) is 0 Å². The normalized spacial score (nSPS) is 22.9. The van der Waals surface area contributed by atoms with Crippen LogP contribution >= 0.6 is 0 Å². The molecule has 1 aromatic heterocycles. The summed E-state index contributed by atoms with van der Waals surface area (Å²) in [6.45, 7) is 3.20. The van der Waals surface area contributed by atoms with Crippen molar-refractivity contribution in [2.75, 3.05) is 6.61 Å². The highest BCUT2D eigenvalue weighted by Gasteiger charge is 2.34. The van der Waals surface area contributed by atoms with Gasteiger partial charge in [0, 0.05) is 18.9 Å². The van der Waals surface area contributed by atoms with Gasteiger partial charge in [0.1, 0.15) is 6.61 Å². The van der Waals surface area contributed by atoms with E-state index >= 15 is 0 Å². The fourth-order valence-electron chi connectivity index (χ4n) is 3.41. The molecule has 0 saturated heterocycles. The Morgan fingerprint density at radius 3 is 3.04 bits per heavy atom. The van der Waals surface area contributed by atoms with E-state index in [1.807, 2.05) is 48.1 Å². The first-order valence-electron chi connectivity index (χ1n) is 8.68. The summed E-state index contributed by atoms with van der Waals surface area (Å²) >= 11 is 0. The molecule has 3 atom stereocenters. The molecule has 1 aromatic carbocycles. The van der Waals surface area contributed by atoms with Gasteiger partial charge in [0.2, 0.25) is 5.91 Å². The first-order chi connectivity index (χ1) is 12.1. The number of aliphatic hydroxyl groups excluding tert-OH is 1. The lowest BCUT2D eigenvalue weighted by molar-refractivity contribution is -0.127. The largest absolute Gasteiger partial charge is 0.391 e. The third-order valence-corrected chi connectivity index (χ3v) is 4.56. The van der Waals surface area contributed by atoms with E-state index in [4.69, 9.17) is 4.74 Å². The average molecular weight is 343 g/mol. The molecule has 25 heavy (non-hydrogen) atoms. The molecule has 2 aromatic rings. The molecule has 1 fully saturated rings. The van der Waals surface area contributed by atoms with Crippen LogP contribution in [0.2, 0.25) is 0 Å². The smallest absolute Gasteiger partial charge is 0.246 e. The van der Waals surface area contributed by atoms with Crippen LogP contribution in [0.1, 0.15) is 24.0 Å². The number of rotatable bonds is 7. The molecule has 0 spiro atoms. The van der Waals surface area contributed by atoms with Crippen LogP contribution in [-0.2, 0) is 22.7 Å². The second kappa shape index (κ2) is 8.27. The molecule has 0 radical (unpaired) electrons. The van der Waals surface area contributed by atoms with Crippen LogP contribution in [-0.4, -0.2) is 39.5 Å². The number of aliphatic hydroxyl groups is 1. The van der Waals surface area contributed by atoms with Gasteiger partial charge >= 0.3 is 0 Å². The van der Waals surface area contributed by atoms with E-state index in [-0.39, 0.29) is 18.6 Å². The SMILES string of the molecule is Cc1cccc(COCC(=O)N[C@@H]2CC(Cn3cccn3)C[C@H]2O)c1. The Bertz CT molecular complexity index is 687. The highest BCUT2D eigenvalue weighted by molar-refractivity contribution is 5.77. The Morgan fingerprint density at radius 2 is 2.28 bits per heavy atom. The van der Waals surface area contributed by atoms with Crippen molar-refractivity contribution < 1.29 is 14.6 Å². The van der Waals surface area contributed by atoms with Gasteiger partial charge in [0.15, 0.2) is 0 Å². The van der Waals surface area contributed by atoms with E-state index in [9.17, 15) is 9.90 Å². The number of nitrogens with zero attached hydrogens (tertiary/aromatic N) is 2. The Hall–Kier alpha value is -2.18. The van der Waals surface area contributed by atoms with Gasteiger partial charge in [-0.1, -0.05) is 29.8 Å². The second-order valence-corrected chi connectivity index (χ2v) is 6.79. The highest BCUT2D eigenvalue weighted by Crippen LogP contribution is 2.27. The average Bonchev–Trinajstić information content (AvgIpc) is 3.18. The summed E-state index contributed by atoms with van der Waals surface area (Å²) in [5, 5.41) is 17.3. The minimum Gasteiger partial charge on any atom is -0.391 e. The Kier molecular flexibility index (Phi) is 5.83. The molecule has 1 heterocycles. The molecule has 1 aliphatic carbocycles. The topological polar surface area (TPSA) is 76.4 Å². The minimum atomic E-state index is -0.513. The fourth-order valence-corrected chi connectivity index (χ4v) is 3.41. The molecule has 3 rings (SSSR count). The number of aryl methyl sites for hydroxylation is 1. The molecular formula is C19H25N3O3. The van der Waals surface area contributed by atoms with Gasteiger partial charge in [0.25, 0.3) is 0 Å². The summed E-state index contributed by atoms with van der Waals surface area (Å²) in [5.41, 5.74) is 2.22. The minimum absolute atomic E-state index is 0.000977. The van der Waals surface area contributed by atoms with Crippen molar-refractivity contribution in [2.24, 2.45) is 5.92 Å². The van der Waals surface area contributed by atoms with Gasteiger partial charge in [-0.15, -0.1) is 0 Å². The predicted octanol–water partition coefficient (Wildman–Crippen LogP) is 1.66. The molecule has 1 unspecified atom stereocenters. The van der Waals surface area contributed by atoms with E-state index in [2.05, 4.69) is 10.4 Å². The summed E-state index contributed by atoms with van der Waals surface area (Å²) in [7, 11) is 0. The number of hydrogen-bond acceptors (Lipinski definition) is 4. The van der Waals surface area contributed by atoms with Crippen molar-refractivity contribution in [1.82, 2.24) is 15.1 Å². The van der Waals surface area contributed by atoms with Crippen LogP contribution in [0.5, 0.6) is 0 Å². The van der Waals surface area contributed by atoms with Gasteiger partial charge in [-0.25, -0.2) is 0 Å². The number of amides is 1. The fraction of sp³-hybridized carbons (Fsp3) is 0.474. The van der Waals surface area contributed by atoms with Crippen LogP contribution in [0, 0.1) is 12.8 Å². The first kappa shape index (κ1) is 17.6. The lowest BCUT2D eigenvalue weighted by Crippen LogP contribution is -2.41. The van der Waals surface area contributed by atoms with E-state index in [1.54, 1.807) is 6.20 Å². The maximum absolute atomic E-state index is 12.1. The maximum Gasteiger partial charge on any atom is 0.246 e. The van der Waals surface area contributed by atoms with Crippen molar-refractivity contribution in [3.8, 4) is 0 Å². The molecule has 6 heteroatoms. The molecule has 1 amide bonds. The van der Waals surface area contributed by atoms with E-state index in [1.165, 1.54) is 5.56 Å². The van der Waals surface area contributed by atoms with Gasteiger partial charge in [-0.3, -0.25) is 9.48 Å². The number of nitrogens with one attached hydrogen (secondary N) is 1. The van der Waals surface area contributed by atoms with Gasteiger partial charge in [0.05, 0.1) is 18.8 Å². The standard InChI is InChI=1S/C19H25N3O3/c1-14-4-2-5-15(8-14)12-25-13-19(24)21-17-9-16(10-18(17)23)11-22-7-3-6-20-22/h2-8,16-18,23H,9-13H2,1H3,(H,21,24)/t16?,17-,18-/m1/s1. The monoisotopic (exact) mass is 343 g/mol. The summed E-state index contributed by atoms with van der Waals surface area (Å²) in [6, 6.07) is 9.69. The Morgan fingerprint density at radius 1 is 1.40 bits per heavy atom. The molecule has 0 bridgehead atoms. The summed E-state index contributed by atoms with van der Waals surface area (Å²) in [5.74, 6) is 0.129.